The fraction of sp³-hybridized carbons (Fsp3) is 0.222. The van der Waals surface area contributed by atoms with E-state index in [1.165, 1.54) is 0 Å². The number of rotatable bonds is 3. The summed E-state index contributed by atoms with van der Waals surface area (Å²) in [5.41, 5.74) is 0.611. The van der Waals surface area contributed by atoms with Crippen molar-refractivity contribution < 1.29 is 20.1 Å². The maximum absolute atomic E-state index is 11.3. The number of halogens is 2. The highest BCUT2D eigenvalue weighted by atomic mass is 127. The summed E-state index contributed by atoms with van der Waals surface area (Å²) in [6, 6.07) is 3.13. The Morgan fingerprint density at radius 1 is 1.40 bits per heavy atom. The van der Waals surface area contributed by atoms with Gasteiger partial charge in [0.25, 0.3) is 0 Å². The SMILES string of the molecule is O=C([O-])C(O)Cc1cc(I)c([O-])c(I)c1. The fourth-order valence-electron chi connectivity index (χ4n) is 1.04. The Bertz CT molecular complexity index is 369. The van der Waals surface area contributed by atoms with E-state index in [1.54, 1.807) is 12.1 Å². The van der Waals surface area contributed by atoms with Crippen LogP contribution in [0.3, 0.4) is 0 Å². The van der Waals surface area contributed by atoms with E-state index in [2.05, 4.69) is 0 Å². The summed E-state index contributed by atoms with van der Waals surface area (Å²) < 4.78 is 1.03. The Morgan fingerprint density at radius 3 is 2.27 bits per heavy atom. The molecule has 0 saturated heterocycles. The highest BCUT2D eigenvalue weighted by molar-refractivity contribution is 14.1. The molecule has 1 aromatic carbocycles. The molecular weight excluding hydrogens is 426 g/mol. The number of benzene rings is 1. The Morgan fingerprint density at radius 2 is 1.87 bits per heavy atom. The monoisotopic (exact) mass is 432 g/mol. The molecule has 1 unspecified atom stereocenters. The number of hydrogen-bond donors (Lipinski definition) is 1. The molecule has 0 heterocycles. The third-order valence-electron chi connectivity index (χ3n) is 1.76. The zero-order valence-electron chi connectivity index (χ0n) is 7.37. The lowest BCUT2D eigenvalue weighted by Gasteiger charge is -2.16. The van der Waals surface area contributed by atoms with Gasteiger partial charge < -0.3 is 20.1 Å². The third kappa shape index (κ3) is 3.45. The van der Waals surface area contributed by atoms with E-state index in [-0.39, 0.29) is 12.2 Å². The second-order valence-corrected chi connectivity index (χ2v) is 5.25. The molecule has 0 aliphatic rings. The summed E-state index contributed by atoms with van der Waals surface area (Å²) in [7, 11) is 0. The lowest BCUT2D eigenvalue weighted by atomic mass is 10.1. The molecule has 0 amide bonds. The van der Waals surface area contributed by atoms with E-state index in [4.69, 9.17) is 5.11 Å². The van der Waals surface area contributed by atoms with Crippen molar-refractivity contribution in [3.8, 4) is 5.75 Å². The molecule has 1 aromatic rings. The summed E-state index contributed by atoms with van der Waals surface area (Å²) in [5.74, 6) is -1.59. The summed E-state index contributed by atoms with van der Waals surface area (Å²) >= 11 is 3.76. The first-order chi connectivity index (χ1) is 6.91. The van der Waals surface area contributed by atoms with E-state index < -0.39 is 12.1 Å². The van der Waals surface area contributed by atoms with Gasteiger partial charge in [-0.05, 0) is 62.9 Å². The van der Waals surface area contributed by atoms with Crippen LogP contribution in [0.4, 0.5) is 0 Å². The normalized spacial score (nSPS) is 12.5. The molecule has 82 valence electrons. The quantitative estimate of drug-likeness (QED) is 0.661. The van der Waals surface area contributed by atoms with E-state index in [0.717, 1.165) is 0 Å². The lowest BCUT2D eigenvalue weighted by molar-refractivity contribution is -0.314. The van der Waals surface area contributed by atoms with Crippen LogP contribution in [0.1, 0.15) is 5.56 Å². The van der Waals surface area contributed by atoms with Crippen molar-refractivity contribution in [2.75, 3.05) is 0 Å². The van der Waals surface area contributed by atoms with Gasteiger partial charge in [-0.2, -0.15) is 0 Å². The van der Waals surface area contributed by atoms with Gasteiger partial charge in [-0.15, -0.1) is 0 Å². The number of carbonyl (C=O) groups excluding carboxylic acids is 1. The largest absolute Gasteiger partial charge is 0.871 e. The molecule has 0 aliphatic carbocycles. The minimum absolute atomic E-state index is 0.0470. The number of aliphatic carboxylic acids is 1. The van der Waals surface area contributed by atoms with Crippen LogP contribution in [-0.2, 0) is 11.2 Å². The van der Waals surface area contributed by atoms with Gasteiger partial charge >= 0.3 is 0 Å². The predicted molar refractivity (Wildman–Crippen MR) is 66.0 cm³/mol. The van der Waals surface area contributed by atoms with Crippen molar-refractivity contribution in [1.29, 1.82) is 0 Å². The first-order valence-corrected chi connectivity index (χ1v) is 6.11. The summed E-state index contributed by atoms with van der Waals surface area (Å²) in [4.78, 5) is 10.3. The Labute approximate surface area is 114 Å². The number of carboxylic acid groups (broad SMARTS) is 1. The molecule has 0 aromatic heterocycles. The van der Waals surface area contributed by atoms with Crippen molar-refractivity contribution in [3.63, 3.8) is 0 Å². The molecule has 0 fully saturated rings. The highest BCUT2D eigenvalue weighted by Gasteiger charge is 2.08. The minimum atomic E-state index is -1.53. The average molecular weight is 432 g/mol. The van der Waals surface area contributed by atoms with E-state index in [0.29, 0.717) is 12.7 Å². The van der Waals surface area contributed by atoms with E-state index >= 15 is 0 Å². The molecule has 1 atom stereocenters. The number of carboxylic acids is 1. The number of hydrogen-bond acceptors (Lipinski definition) is 4. The molecule has 0 radical (unpaired) electrons. The second-order valence-electron chi connectivity index (χ2n) is 2.93. The van der Waals surface area contributed by atoms with Crippen LogP contribution in [0.15, 0.2) is 12.1 Å². The Balaban J connectivity index is 2.92. The van der Waals surface area contributed by atoms with Crippen LogP contribution in [0.2, 0.25) is 0 Å². The van der Waals surface area contributed by atoms with Crippen molar-refractivity contribution >= 4 is 51.2 Å². The van der Waals surface area contributed by atoms with Gasteiger partial charge in [-0.25, -0.2) is 0 Å². The smallest absolute Gasteiger partial charge is 0.0973 e. The molecular formula is C9H6I2O4-2. The number of carbonyl (C=O) groups is 1. The van der Waals surface area contributed by atoms with Crippen molar-refractivity contribution in [1.82, 2.24) is 0 Å². The molecule has 0 spiro atoms. The molecule has 0 saturated carbocycles. The molecule has 0 bridgehead atoms. The van der Waals surface area contributed by atoms with E-state index in [1.807, 2.05) is 45.2 Å². The van der Waals surface area contributed by atoms with Crippen molar-refractivity contribution in [2.24, 2.45) is 0 Å². The zero-order valence-corrected chi connectivity index (χ0v) is 11.7. The van der Waals surface area contributed by atoms with Gasteiger partial charge in [0.15, 0.2) is 0 Å². The maximum Gasteiger partial charge on any atom is 0.0973 e. The van der Waals surface area contributed by atoms with Crippen LogP contribution in [0.5, 0.6) is 5.75 Å². The van der Waals surface area contributed by atoms with Crippen LogP contribution in [0.25, 0.3) is 0 Å². The maximum atomic E-state index is 11.3. The van der Waals surface area contributed by atoms with Crippen LogP contribution < -0.4 is 10.2 Å². The van der Waals surface area contributed by atoms with Crippen molar-refractivity contribution in [3.05, 3.63) is 24.8 Å². The number of aliphatic hydroxyl groups excluding tert-OH is 1. The standard InChI is InChI=1S/C9H8I2O4/c10-5-1-4(2-6(11)8(5)13)3-7(12)9(14)15/h1-2,7,12-13H,3H2,(H,14,15)/p-2. The van der Waals surface area contributed by atoms with Gasteiger partial charge in [0.2, 0.25) is 0 Å². The molecule has 0 aliphatic heterocycles. The first-order valence-electron chi connectivity index (χ1n) is 3.95. The van der Waals surface area contributed by atoms with Gasteiger partial charge in [0.1, 0.15) is 0 Å². The lowest BCUT2D eigenvalue weighted by Crippen LogP contribution is -2.36. The van der Waals surface area contributed by atoms with Gasteiger partial charge in [0.05, 0.1) is 12.1 Å². The van der Waals surface area contributed by atoms with Crippen molar-refractivity contribution in [2.45, 2.75) is 12.5 Å². The summed E-state index contributed by atoms with van der Waals surface area (Å²) in [6.45, 7) is 0. The molecule has 1 rings (SSSR count). The Kier molecular flexibility index (Phi) is 4.59. The zero-order chi connectivity index (χ0) is 11.6. The van der Waals surface area contributed by atoms with Gasteiger partial charge in [0, 0.05) is 13.6 Å². The fourth-order valence-corrected chi connectivity index (χ4v) is 2.93. The van der Waals surface area contributed by atoms with Crippen LogP contribution >= 0.6 is 45.2 Å². The van der Waals surface area contributed by atoms with Crippen LogP contribution in [-0.4, -0.2) is 17.2 Å². The minimum Gasteiger partial charge on any atom is -0.871 e. The molecule has 4 nitrogen and oxygen atoms in total. The highest BCUT2D eigenvalue weighted by Crippen LogP contribution is 2.25. The van der Waals surface area contributed by atoms with Gasteiger partial charge in [-0.1, -0.05) is 5.75 Å². The second kappa shape index (κ2) is 5.30. The summed E-state index contributed by atoms with van der Waals surface area (Å²) in [6.07, 6.45) is -1.58. The molecule has 15 heavy (non-hydrogen) atoms. The van der Waals surface area contributed by atoms with Crippen LogP contribution in [0, 0.1) is 7.14 Å². The summed E-state index contributed by atoms with van der Waals surface area (Å²) in [5, 5.41) is 30.7. The van der Waals surface area contributed by atoms with E-state index in [9.17, 15) is 15.0 Å². The Hall–Kier alpha value is -0.0900. The number of aliphatic hydroxyl groups is 1. The predicted octanol–water partition coefficient (Wildman–Crippen LogP) is -0.377. The molecule has 6 heteroatoms. The average Bonchev–Trinajstić information content (AvgIpc) is 2.13. The molecule has 1 N–H and O–H groups in total. The van der Waals surface area contributed by atoms with Gasteiger partial charge in [-0.3, -0.25) is 0 Å². The first kappa shape index (κ1) is 13.0. The topological polar surface area (TPSA) is 83.4 Å². The third-order valence-corrected chi connectivity index (χ3v) is 3.36.